The molecule has 0 amide bonds. The molecule has 1 aromatic carbocycles. The van der Waals surface area contributed by atoms with E-state index in [-0.39, 0.29) is 0 Å². The Labute approximate surface area is 111 Å². The molecule has 0 N–H and O–H groups in total. The average Bonchev–Trinajstić information content (AvgIpc) is 2.49. The maximum Gasteiger partial charge on any atom is 0.145 e. The summed E-state index contributed by atoms with van der Waals surface area (Å²) in [5.41, 5.74) is 1.87. The standard InChI is InChI=1S/C16H11N2O/c1-2-10-18-16(8-1)13-5-3-6-14(11-13)19-15-7-4-9-17-12-15/h1-2,4-12H. The van der Waals surface area contributed by atoms with Crippen LogP contribution in [0, 0.1) is 6.07 Å². The predicted octanol–water partition coefficient (Wildman–Crippen LogP) is 3.74. The van der Waals surface area contributed by atoms with Gasteiger partial charge in [-0.3, -0.25) is 9.97 Å². The van der Waals surface area contributed by atoms with Crippen LogP contribution in [0.15, 0.2) is 67.1 Å². The topological polar surface area (TPSA) is 35.0 Å². The molecule has 3 aromatic rings. The maximum atomic E-state index is 5.72. The van der Waals surface area contributed by atoms with E-state index >= 15 is 0 Å². The molecule has 0 aliphatic carbocycles. The van der Waals surface area contributed by atoms with Gasteiger partial charge in [-0.2, -0.15) is 0 Å². The Hall–Kier alpha value is -2.68. The van der Waals surface area contributed by atoms with E-state index in [2.05, 4.69) is 16.0 Å². The summed E-state index contributed by atoms with van der Waals surface area (Å²) in [7, 11) is 0. The first kappa shape index (κ1) is 11.4. The fourth-order valence-electron chi connectivity index (χ4n) is 1.73. The summed E-state index contributed by atoms with van der Waals surface area (Å²) in [4.78, 5) is 8.32. The highest BCUT2D eigenvalue weighted by Crippen LogP contribution is 2.25. The van der Waals surface area contributed by atoms with Gasteiger partial charge < -0.3 is 4.74 Å². The Morgan fingerprint density at radius 1 is 0.947 bits per heavy atom. The fourth-order valence-corrected chi connectivity index (χ4v) is 1.73. The van der Waals surface area contributed by atoms with Crippen LogP contribution in [0.2, 0.25) is 0 Å². The van der Waals surface area contributed by atoms with Crippen LogP contribution in [0.3, 0.4) is 0 Å². The lowest BCUT2D eigenvalue weighted by molar-refractivity contribution is 0.480. The molecular formula is C16H11N2O. The zero-order valence-electron chi connectivity index (χ0n) is 10.2. The SMILES string of the molecule is [c]1cc(Oc2cccnc2)cc(-c2ccccn2)c1. The van der Waals surface area contributed by atoms with Gasteiger partial charge in [0.05, 0.1) is 11.9 Å². The molecule has 3 rings (SSSR count). The van der Waals surface area contributed by atoms with Crippen LogP contribution in [-0.2, 0) is 0 Å². The second-order valence-electron chi connectivity index (χ2n) is 3.96. The van der Waals surface area contributed by atoms with E-state index < -0.39 is 0 Å². The molecule has 3 nitrogen and oxygen atoms in total. The van der Waals surface area contributed by atoms with E-state index in [0.29, 0.717) is 5.75 Å². The number of pyridine rings is 2. The van der Waals surface area contributed by atoms with Crippen molar-refractivity contribution < 1.29 is 4.74 Å². The first-order valence-electron chi connectivity index (χ1n) is 5.92. The molecule has 2 heterocycles. The molecule has 3 heteroatoms. The van der Waals surface area contributed by atoms with Crippen molar-refractivity contribution in [3.8, 4) is 22.8 Å². The minimum Gasteiger partial charge on any atom is -0.456 e. The van der Waals surface area contributed by atoms with Crippen molar-refractivity contribution in [1.29, 1.82) is 0 Å². The van der Waals surface area contributed by atoms with Crippen LogP contribution < -0.4 is 4.74 Å². The van der Waals surface area contributed by atoms with Gasteiger partial charge in [-0.1, -0.05) is 6.07 Å². The van der Waals surface area contributed by atoms with Crippen LogP contribution in [0.5, 0.6) is 11.5 Å². The summed E-state index contributed by atoms with van der Waals surface area (Å²) >= 11 is 0. The van der Waals surface area contributed by atoms with Gasteiger partial charge in [-0.25, -0.2) is 0 Å². The third kappa shape index (κ3) is 2.77. The molecule has 1 radical (unpaired) electrons. The molecular weight excluding hydrogens is 236 g/mol. The number of hydrogen-bond acceptors (Lipinski definition) is 3. The Morgan fingerprint density at radius 3 is 2.74 bits per heavy atom. The second kappa shape index (κ2) is 5.31. The number of ether oxygens (including phenoxy) is 1. The van der Waals surface area contributed by atoms with E-state index in [1.54, 1.807) is 24.7 Å². The van der Waals surface area contributed by atoms with Crippen molar-refractivity contribution >= 4 is 0 Å². The molecule has 0 saturated heterocycles. The van der Waals surface area contributed by atoms with Crippen molar-refractivity contribution in [2.45, 2.75) is 0 Å². The maximum absolute atomic E-state index is 5.72. The first-order valence-corrected chi connectivity index (χ1v) is 5.92. The summed E-state index contributed by atoms with van der Waals surface area (Å²) in [6.45, 7) is 0. The van der Waals surface area contributed by atoms with E-state index in [0.717, 1.165) is 17.0 Å². The zero-order chi connectivity index (χ0) is 12.9. The van der Waals surface area contributed by atoms with E-state index in [9.17, 15) is 0 Å². The van der Waals surface area contributed by atoms with Crippen molar-refractivity contribution in [1.82, 2.24) is 9.97 Å². The second-order valence-corrected chi connectivity index (χ2v) is 3.96. The van der Waals surface area contributed by atoms with Crippen molar-refractivity contribution in [2.75, 3.05) is 0 Å². The molecule has 0 fully saturated rings. The molecule has 91 valence electrons. The highest BCUT2D eigenvalue weighted by Gasteiger charge is 2.02. The van der Waals surface area contributed by atoms with Crippen LogP contribution >= 0.6 is 0 Å². The average molecular weight is 247 g/mol. The predicted molar refractivity (Wildman–Crippen MR) is 72.8 cm³/mol. The summed E-state index contributed by atoms with van der Waals surface area (Å²) in [6, 6.07) is 18.2. The molecule has 0 bridgehead atoms. The Morgan fingerprint density at radius 2 is 1.95 bits per heavy atom. The van der Waals surface area contributed by atoms with Crippen LogP contribution in [0.25, 0.3) is 11.3 Å². The molecule has 0 unspecified atom stereocenters. The van der Waals surface area contributed by atoms with Gasteiger partial charge >= 0.3 is 0 Å². The lowest BCUT2D eigenvalue weighted by Gasteiger charge is -2.06. The number of rotatable bonds is 3. The van der Waals surface area contributed by atoms with Gasteiger partial charge in [0, 0.05) is 18.0 Å². The fraction of sp³-hybridized carbons (Fsp3) is 0. The Bertz CT molecular complexity index is 654. The van der Waals surface area contributed by atoms with Gasteiger partial charge in [0.15, 0.2) is 0 Å². The smallest absolute Gasteiger partial charge is 0.145 e. The lowest BCUT2D eigenvalue weighted by atomic mass is 10.1. The summed E-state index contributed by atoms with van der Waals surface area (Å²) < 4.78 is 5.72. The van der Waals surface area contributed by atoms with Crippen LogP contribution in [0.4, 0.5) is 0 Å². The lowest BCUT2D eigenvalue weighted by Crippen LogP contribution is -1.87. The van der Waals surface area contributed by atoms with Gasteiger partial charge in [0.1, 0.15) is 11.5 Å². The molecule has 0 atom stereocenters. The summed E-state index contributed by atoms with van der Waals surface area (Å²) in [6.07, 6.45) is 5.15. The molecule has 0 aliphatic rings. The zero-order valence-corrected chi connectivity index (χ0v) is 10.2. The number of aromatic nitrogens is 2. The Kier molecular flexibility index (Phi) is 3.19. The number of nitrogens with zero attached hydrogens (tertiary/aromatic N) is 2. The number of benzene rings is 1. The Balaban J connectivity index is 1.89. The van der Waals surface area contributed by atoms with E-state index in [1.807, 2.05) is 42.5 Å². The first-order chi connectivity index (χ1) is 9.42. The quantitative estimate of drug-likeness (QED) is 0.707. The van der Waals surface area contributed by atoms with Gasteiger partial charge in [-0.05, 0) is 48.5 Å². The van der Waals surface area contributed by atoms with Crippen LogP contribution in [0.1, 0.15) is 0 Å². The third-order valence-electron chi connectivity index (χ3n) is 2.59. The molecule has 0 aliphatic heterocycles. The van der Waals surface area contributed by atoms with Gasteiger partial charge in [0.2, 0.25) is 0 Å². The van der Waals surface area contributed by atoms with Gasteiger partial charge in [0.25, 0.3) is 0 Å². The minimum atomic E-state index is 0.703. The monoisotopic (exact) mass is 247 g/mol. The highest BCUT2D eigenvalue weighted by molar-refractivity contribution is 5.60. The molecule has 2 aromatic heterocycles. The summed E-state index contributed by atoms with van der Waals surface area (Å²) in [5, 5.41) is 0. The highest BCUT2D eigenvalue weighted by atomic mass is 16.5. The normalized spacial score (nSPS) is 10.1. The third-order valence-corrected chi connectivity index (χ3v) is 2.59. The van der Waals surface area contributed by atoms with Gasteiger partial charge in [-0.15, -0.1) is 0 Å². The van der Waals surface area contributed by atoms with Crippen LogP contribution in [-0.4, -0.2) is 9.97 Å². The van der Waals surface area contributed by atoms with E-state index in [4.69, 9.17) is 4.74 Å². The van der Waals surface area contributed by atoms with Crippen molar-refractivity contribution in [2.24, 2.45) is 0 Å². The molecule has 0 spiro atoms. The number of hydrogen-bond donors (Lipinski definition) is 0. The molecule has 19 heavy (non-hydrogen) atoms. The minimum absolute atomic E-state index is 0.703. The van der Waals surface area contributed by atoms with Crippen molar-refractivity contribution in [3.63, 3.8) is 0 Å². The largest absolute Gasteiger partial charge is 0.456 e. The van der Waals surface area contributed by atoms with Crippen molar-refractivity contribution in [3.05, 3.63) is 73.2 Å². The summed E-state index contributed by atoms with van der Waals surface area (Å²) in [5.74, 6) is 1.42. The van der Waals surface area contributed by atoms with E-state index in [1.165, 1.54) is 0 Å². The molecule has 0 saturated carbocycles.